The standard InChI is InChI=1S/C8H13N5O2S2/c1-3(2)4(5(14)11-6(9)15)16-8-13-12-7(10)17-8/h3-4H,1-2H3,(H2,10,12)(H3,9,11,14,15). The molecule has 0 aliphatic carbocycles. The van der Waals surface area contributed by atoms with Gasteiger partial charge < -0.3 is 11.5 Å². The summed E-state index contributed by atoms with van der Waals surface area (Å²) >= 11 is 2.40. The molecule has 1 unspecified atom stereocenters. The summed E-state index contributed by atoms with van der Waals surface area (Å²) in [5.74, 6) is -0.421. The number of anilines is 1. The molecule has 5 N–H and O–H groups in total. The number of nitrogens with two attached hydrogens (primary N) is 2. The van der Waals surface area contributed by atoms with E-state index in [0.717, 1.165) is 0 Å². The number of carbonyl (C=O) groups excluding carboxylic acids is 2. The molecule has 0 radical (unpaired) electrons. The van der Waals surface area contributed by atoms with Crippen molar-refractivity contribution in [1.82, 2.24) is 15.5 Å². The molecule has 0 aromatic carbocycles. The Hall–Kier alpha value is -1.35. The lowest BCUT2D eigenvalue weighted by atomic mass is 10.1. The van der Waals surface area contributed by atoms with Crippen LogP contribution in [0.2, 0.25) is 0 Å². The monoisotopic (exact) mass is 275 g/mol. The van der Waals surface area contributed by atoms with Crippen molar-refractivity contribution in [2.24, 2.45) is 11.7 Å². The van der Waals surface area contributed by atoms with Gasteiger partial charge in [0.15, 0.2) is 4.34 Å². The first-order chi connectivity index (χ1) is 7.90. The molecule has 0 fully saturated rings. The SMILES string of the molecule is CC(C)C(Sc1nnc(N)s1)C(=O)NC(N)=O. The van der Waals surface area contributed by atoms with Gasteiger partial charge in [0.2, 0.25) is 11.0 Å². The number of imide groups is 1. The molecule has 17 heavy (non-hydrogen) atoms. The molecule has 0 saturated heterocycles. The third-order valence-electron chi connectivity index (χ3n) is 1.76. The lowest BCUT2D eigenvalue weighted by Crippen LogP contribution is -2.42. The van der Waals surface area contributed by atoms with Gasteiger partial charge >= 0.3 is 6.03 Å². The number of hydrogen-bond donors (Lipinski definition) is 3. The maximum absolute atomic E-state index is 11.7. The number of rotatable bonds is 4. The van der Waals surface area contributed by atoms with E-state index in [1.165, 1.54) is 23.1 Å². The zero-order valence-electron chi connectivity index (χ0n) is 9.34. The number of amides is 3. The first-order valence-electron chi connectivity index (χ1n) is 4.76. The molecule has 1 aromatic heterocycles. The van der Waals surface area contributed by atoms with E-state index in [0.29, 0.717) is 9.47 Å². The van der Waals surface area contributed by atoms with Gasteiger partial charge in [-0.15, -0.1) is 10.2 Å². The number of carbonyl (C=O) groups is 2. The van der Waals surface area contributed by atoms with Crippen LogP contribution in [0.4, 0.5) is 9.93 Å². The number of nitrogens with one attached hydrogen (secondary N) is 1. The lowest BCUT2D eigenvalue weighted by Gasteiger charge is -2.16. The maximum atomic E-state index is 11.7. The van der Waals surface area contributed by atoms with E-state index in [4.69, 9.17) is 11.5 Å². The molecule has 3 amide bonds. The second-order valence-corrected chi connectivity index (χ2v) is 5.94. The van der Waals surface area contributed by atoms with Crippen LogP contribution in [0, 0.1) is 5.92 Å². The van der Waals surface area contributed by atoms with Crippen molar-refractivity contribution in [2.45, 2.75) is 23.4 Å². The highest BCUT2D eigenvalue weighted by Gasteiger charge is 2.25. The molecule has 7 nitrogen and oxygen atoms in total. The van der Waals surface area contributed by atoms with Crippen LogP contribution in [0.3, 0.4) is 0 Å². The first kappa shape index (κ1) is 13.7. The minimum Gasteiger partial charge on any atom is -0.374 e. The number of nitrogen functional groups attached to an aromatic ring is 1. The summed E-state index contributed by atoms with van der Waals surface area (Å²) in [6.45, 7) is 3.73. The predicted molar refractivity (Wildman–Crippen MR) is 66.5 cm³/mol. The van der Waals surface area contributed by atoms with Gasteiger partial charge in [0, 0.05) is 0 Å². The Morgan fingerprint density at radius 2 is 2.06 bits per heavy atom. The molecule has 0 aliphatic rings. The van der Waals surface area contributed by atoms with Crippen LogP contribution in [-0.2, 0) is 4.79 Å². The summed E-state index contributed by atoms with van der Waals surface area (Å²) in [5, 5.41) is 9.39. The lowest BCUT2D eigenvalue weighted by molar-refractivity contribution is -0.120. The molecule has 1 atom stereocenters. The molecule has 0 spiro atoms. The Kier molecular flexibility index (Phi) is 4.70. The number of hydrogen-bond acceptors (Lipinski definition) is 7. The highest BCUT2D eigenvalue weighted by Crippen LogP contribution is 2.31. The van der Waals surface area contributed by atoms with Gasteiger partial charge in [-0.25, -0.2) is 4.79 Å². The van der Waals surface area contributed by atoms with E-state index in [9.17, 15) is 9.59 Å². The fourth-order valence-corrected chi connectivity index (χ4v) is 2.91. The number of thioether (sulfide) groups is 1. The van der Waals surface area contributed by atoms with E-state index >= 15 is 0 Å². The Bertz CT molecular complexity index is 420. The van der Waals surface area contributed by atoms with Gasteiger partial charge in [-0.1, -0.05) is 36.9 Å². The van der Waals surface area contributed by atoms with E-state index in [-0.39, 0.29) is 5.92 Å². The van der Waals surface area contributed by atoms with Crippen LogP contribution in [0.25, 0.3) is 0 Å². The van der Waals surface area contributed by atoms with Crippen molar-refractivity contribution in [3.63, 3.8) is 0 Å². The van der Waals surface area contributed by atoms with Crippen molar-refractivity contribution in [3.05, 3.63) is 0 Å². The van der Waals surface area contributed by atoms with Crippen LogP contribution < -0.4 is 16.8 Å². The van der Waals surface area contributed by atoms with Crippen molar-refractivity contribution >= 4 is 40.2 Å². The molecule has 94 valence electrons. The van der Waals surface area contributed by atoms with Crippen molar-refractivity contribution in [1.29, 1.82) is 0 Å². The molecule has 1 aromatic rings. The Morgan fingerprint density at radius 1 is 1.41 bits per heavy atom. The number of aromatic nitrogens is 2. The smallest absolute Gasteiger partial charge is 0.318 e. The van der Waals surface area contributed by atoms with E-state index in [2.05, 4.69) is 15.5 Å². The van der Waals surface area contributed by atoms with Crippen LogP contribution in [-0.4, -0.2) is 27.4 Å². The Balaban J connectivity index is 2.73. The highest BCUT2D eigenvalue weighted by atomic mass is 32.2. The van der Waals surface area contributed by atoms with Gasteiger partial charge in [-0.05, 0) is 5.92 Å². The summed E-state index contributed by atoms with van der Waals surface area (Å²) in [5.41, 5.74) is 10.3. The molecule has 0 saturated carbocycles. The molecule has 0 aliphatic heterocycles. The number of primary amides is 1. The second-order valence-electron chi connectivity index (χ2n) is 3.54. The Labute approximate surface area is 106 Å². The maximum Gasteiger partial charge on any atom is 0.318 e. The van der Waals surface area contributed by atoms with Gasteiger partial charge in [0.1, 0.15) is 0 Å². The van der Waals surface area contributed by atoms with Crippen LogP contribution in [0.15, 0.2) is 4.34 Å². The Morgan fingerprint density at radius 3 is 2.47 bits per heavy atom. The van der Waals surface area contributed by atoms with Gasteiger partial charge in [0.25, 0.3) is 0 Å². The van der Waals surface area contributed by atoms with Crippen LogP contribution in [0.5, 0.6) is 0 Å². The topological polar surface area (TPSA) is 124 Å². The van der Waals surface area contributed by atoms with E-state index in [1.807, 2.05) is 13.8 Å². The zero-order chi connectivity index (χ0) is 13.0. The summed E-state index contributed by atoms with van der Waals surface area (Å²) in [6.07, 6.45) is 0. The molecule has 1 heterocycles. The summed E-state index contributed by atoms with van der Waals surface area (Å²) in [4.78, 5) is 22.3. The van der Waals surface area contributed by atoms with Gasteiger partial charge in [-0.3, -0.25) is 10.1 Å². The molecule has 9 heteroatoms. The molecule has 0 bridgehead atoms. The third kappa shape index (κ3) is 4.19. The number of urea groups is 1. The first-order valence-corrected chi connectivity index (χ1v) is 6.45. The summed E-state index contributed by atoms with van der Waals surface area (Å²) < 4.78 is 0.584. The summed E-state index contributed by atoms with van der Waals surface area (Å²) in [7, 11) is 0. The molecule has 1 rings (SSSR count). The predicted octanol–water partition coefficient (Wildman–Crippen LogP) is 0.432. The molecular formula is C8H13N5O2S2. The van der Waals surface area contributed by atoms with Crippen molar-refractivity contribution < 1.29 is 9.59 Å². The fourth-order valence-electron chi connectivity index (χ4n) is 1.06. The molecular weight excluding hydrogens is 262 g/mol. The second kappa shape index (κ2) is 5.82. The zero-order valence-corrected chi connectivity index (χ0v) is 11.0. The fraction of sp³-hybridized carbons (Fsp3) is 0.500. The van der Waals surface area contributed by atoms with Gasteiger partial charge in [0.05, 0.1) is 5.25 Å². The normalized spacial score (nSPS) is 12.4. The average Bonchev–Trinajstić information content (AvgIpc) is 2.58. The average molecular weight is 275 g/mol. The van der Waals surface area contributed by atoms with E-state index in [1.54, 1.807) is 0 Å². The van der Waals surface area contributed by atoms with Crippen LogP contribution >= 0.6 is 23.1 Å². The quantitative estimate of drug-likeness (QED) is 0.684. The third-order valence-corrected chi connectivity index (χ3v) is 4.14. The van der Waals surface area contributed by atoms with Crippen molar-refractivity contribution in [2.75, 3.05) is 5.73 Å². The van der Waals surface area contributed by atoms with Crippen molar-refractivity contribution in [3.8, 4) is 0 Å². The minimum absolute atomic E-state index is 0.0180. The minimum atomic E-state index is -0.863. The van der Waals surface area contributed by atoms with Crippen LogP contribution in [0.1, 0.15) is 13.8 Å². The largest absolute Gasteiger partial charge is 0.374 e. The van der Waals surface area contributed by atoms with Gasteiger partial charge in [-0.2, -0.15) is 0 Å². The number of nitrogens with zero attached hydrogens (tertiary/aromatic N) is 2. The highest BCUT2D eigenvalue weighted by molar-refractivity contribution is 8.02. The summed E-state index contributed by atoms with van der Waals surface area (Å²) in [6, 6.07) is -0.863. The van der Waals surface area contributed by atoms with E-state index < -0.39 is 17.2 Å².